The number of hydrogen-bond acceptors (Lipinski definition) is 1. The Kier molecular flexibility index (Phi) is 3.98. The van der Waals surface area contributed by atoms with Crippen LogP contribution in [0.3, 0.4) is 0 Å². The number of halogens is 1. The fourth-order valence-corrected chi connectivity index (χ4v) is 4.43. The first-order valence-electron chi connectivity index (χ1n) is 8.33. The number of hydrogen-bond donors (Lipinski definition) is 0. The average molecular weight is 307 g/mol. The lowest BCUT2D eigenvalue weighted by Crippen LogP contribution is -2.58. The van der Waals surface area contributed by atoms with Gasteiger partial charge in [-0.1, -0.05) is 52.2 Å². The predicted molar refractivity (Wildman–Crippen MR) is 89.3 cm³/mol. The molecular weight excluding hydrogens is 280 g/mol. The van der Waals surface area contributed by atoms with E-state index in [0.29, 0.717) is 11.5 Å². The van der Waals surface area contributed by atoms with E-state index >= 15 is 0 Å². The van der Waals surface area contributed by atoms with E-state index in [1.165, 1.54) is 37.7 Å². The van der Waals surface area contributed by atoms with Crippen molar-refractivity contribution < 1.29 is 4.74 Å². The van der Waals surface area contributed by atoms with Crippen LogP contribution in [0, 0.1) is 5.41 Å². The van der Waals surface area contributed by atoms with Gasteiger partial charge >= 0.3 is 0 Å². The van der Waals surface area contributed by atoms with Crippen LogP contribution in [-0.4, -0.2) is 11.5 Å². The summed E-state index contributed by atoms with van der Waals surface area (Å²) in [5.74, 6) is 1.01. The van der Waals surface area contributed by atoms with Crippen molar-refractivity contribution >= 4 is 11.6 Å². The molecule has 0 saturated heterocycles. The first-order chi connectivity index (χ1) is 9.92. The Hall–Kier alpha value is -0.690. The minimum Gasteiger partial charge on any atom is -0.490 e. The highest BCUT2D eigenvalue weighted by Crippen LogP contribution is 2.55. The summed E-state index contributed by atoms with van der Waals surface area (Å²) in [5, 5.41) is 0.314. The highest BCUT2D eigenvalue weighted by atomic mass is 35.5. The van der Waals surface area contributed by atoms with Crippen molar-refractivity contribution in [3.8, 4) is 5.75 Å². The zero-order valence-corrected chi connectivity index (χ0v) is 14.2. The van der Waals surface area contributed by atoms with Gasteiger partial charge in [0.1, 0.15) is 11.9 Å². The molecule has 0 amide bonds. The minimum atomic E-state index is 0.163. The molecule has 1 spiro atoms. The first kappa shape index (κ1) is 15.2. The predicted octanol–water partition coefficient (Wildman–Crippen LogP) is 5.69. The number of alkyl halides is 1. The van der Waals surface area contributed by atoms with Gasteiger partial charge in [0.25, 0.3) is 0 Å². The SMILES string of the molecule is CC(C)(C)c1cccc(OC2CC(Cl)C23CCCCC3)c1. The molecule has 3 rings (SSSR count). The molecular formula is C19H27ClO. The molecule has 1 nitrogen and oxygen atoms in total. The molecule has 2 saturated carbocycles. The van der Waals surface area contributed by atoms with Crippen LogP contribution in [0.1, 0.15) is 64.9 Å². The molecule has 2 fully saturated rings. The van der Waals surface area contributed by atoms with E-state index in [1.807, 2.05) is 0 Å². The quantitative estimate of drug-likeness (QED) is 0.637. The molecule has 0 heterocycles. The molecule has 21 heavy (non-hydrogen) atoms. The molecule has 116 valence electrons. The molecule has 2 atom stereocenters. The van der Waals surface area contributed by atoms with E-state index in [-0.39, 0.29) is 10.8 Å². The zero-order chi connectivity index (χ0) is 15.1. The Labute approximate surface area is 134 Å². The third-order valence-corrected chi connectivity index (χ3v) is 6.06. The van der Waals surface area contributed by atoms with Gasteiger partial charge < -0.3 is 4.74 Å². The summed E-state index contributed by atoms with van der Waals surface area (Å²) >= 11 is 6.57. The second-order valence-corrected chi connectivity index (χ2v) is 8.41. The molecule has 0 aliphatic heterocycles. The molecule has 2 unspecified atom stereocenters. The summed E-state index contributed by atoms with van der Waals surface area (Å²) in [4.78, 5) is 0. The normalized spacial score (nSPS) is 28.2. The van der Waals surface area contributed by atoms with Gasteiger partial charge in [-0.2, -0.15) is 0 Å². The maximum Gasteiger partial charge on any atom is 0.120 e. The van der Waals surface area contributed by atoms with Gasteiger partial charge in [0.15, 0.2) is 0 Å². The smallest absolute Gasteiger partial charge is 0.120 e. The van der Waals surface area contributed by atoms with Crippen LogP contribution in [0.2, 0.25) is 0 Å². The second kappa shape index (κ2) is 5.50. The van der Waals surface area contributed by atoms with Crippen LogP contribution in [0.25, 0.3) is 0 Å². The summed E-state index contributed by atoms with van der Waals surface area (Å²) in [6.45, 7) is 6.73. The Balaban J connectivity index is 1.75. The van der Waals surface area contributed by atoms with Crippen LogP contribution in [0.4, 0.5) is 0 Å². The molecule has 0 N–H and O–H groups in total. The third kappa shape index (κ3) is 2.82. The molecule has 0 bridgehead atoms. The number of benzene rings is 1. The molecule has 0 aromatic heterocycles. The van der Waals surface area contributed by atoms with Crippen molar-refractivity contribution in [1.29, 1.82) is 0 Å². The first-order valence-corrected chi connectivity index (χ1v) is 8.77. The van der Waals surface area contributed by atoms with Gasteiger partial charge in [-0.05, 0) is 36.0 Å². The van der Waals surface area contributed by atoms with E-state index < -0.39 is 0 Å². The number of ether oxygens (including phenoxy) is 1. The van der Waals surface area contributed by atoms with Crippen LogP contribution >= 0.6 is 11.6 Å². The maximum atomic E-state index is 6.57. The second-order valence-electron chi connectivity index (χ2n) is 7.88. The fourth-order valence-electron chi connectivity index (χ4n) is 3.91. The van der Waals surface area contributed by atoms with Crippen molar-refractivity contribution in [2.24, 2.45) is 5.41 Å². The van der Waals surface area contributed by atoms with Gasteiger partial charge in [-0.15, -0.1) is 11.6 Å². The number of rotatable bonds is 2. The summed E-state index contributed by atoms with van der Waals surface area (Å²) in [5.41, 5.74) is 1.74. The summed E-state index contributed by atoms with van der Waals surface area (Å²) < 4.78 is 6.37. The molecule has 1 aromatic rings. The van der Waals surface area contributed by atoms with Crippen LogP contribution in [0.5, 0.6) is 5.75 Å². The summed E-state index contributed by atoms with van der Waals surface area (Å²) in [6, 6.07) is 8.60. The third-order valence-electron chi connectivity index (χ3n) is 5.45. The topological polar surface area (TPSA) is 9.23 Å². The van der Waals surface area contributed by atoms with Crippen LogP contribution in [0.15, 0.2) is 24.3 Å². The van der Waals surface area contributed by atoms with Gasteiger partial charge in [-0.25, -0.2) is 0 Å². The van der Waals surface area contributed by atoms with E-state index in [1.54, 1.807) is 0 Å². The monoisotopic (exact) mass is 306 g/mol. The summed E-state index contributed by atoms with van der Waals surface area (Å²) in [7, 11) is 0. The standard InChI is InChI=1S/C19H27ClO/c1-18(2,3)14-8-7-9-15(12-14)21-17-13-16(20)19(17)10-5-4-6-11-19/h7-9,12,16-17H,4-6,10-11,13H2,1-3H3. The zero-order valence-electron chi connectivity index (χ0n) is 13.5. The highest BCUT2D eigenvalue weighted by molar-refractivity contribution is 6.21. The van der Waals surface area contributed by atoms with Crippen molar-refractivity contribution in [2.75, 3.05) is 0 Å². The highest BCUT2D eigenvalue weighted by Gasteiger charge is 2.55. The Morgan fingerprint density at radius 3 is 2.48 bits per heavy atom. The Morgan fingerprint density at radius 2 is 1.86 bits per heavy atom. The van der Waals surface area contributed by atoms with E-state index in [2.05, 4.69) is 45.0 Å². The van der Waals surface area contributed by atoms with Gasteiger partial charge in [0.05, 0.1) is 0 Å². The summed E-state index contributed by atoms with van der Waals surface area (Å²) in [6.07, 6.45) is 7.78. The van der Waals surface area contributed by atoms with Crippen molar-refractivity contribution in [3.05, 3.63) is 29.8 Å². The molecule has 0 radical (unpaired) electrons. The minimum absolute atomic E-state index is 0.163. The largest absolute Gasteiger partial charge is 0.490 e. The van der Waals surface area contributed by atoms with Crippen LogP contribution in [-0.2, 0) is 5.41 Å². The fraction of sp³-hybridized carbons (Fsp3) is 0.684. The van der Waals surface area contributed by atoms with Crippen molar-refractivity contribution in [1.82, 2.24) is 0 Å². The maximum absolute atomic E-state index is 6.57. The van der Waals surface area contributed by atoms with E-state index in [9.17, 15) is 0 Å². The van der Waals surface area contributed by atoms with Gasteiger partial charge in [0, 0.05) is 17.2 Å². The average Bonchev–Trinajstić information content (AvgIpc) is 2.47. The molecule has 2 heteroatoms. The Morgan fingerprint density at radius 1 is 1.14 bits per heavy atom. The van der Waals surface area contributed by atoms with Crippen molar-refractivity contribution in [3.63, 3.8) is 0 Å². The molecule has 2 aliphatic rings. The van der Waals surface area contributed by atoms with Gasteiger partial charge in [-0.3, -0.25) is 0 Å². The van der Waals surface area contributed by atoms with E-state index in [0.717, 1.165) is 12.2 Å². The molecule has 1 aromatic carbocycles. The van der Waals surface area contributed by atoms with E-state index in [4.69, 9.17) is 16.3 Å². The Bertz CT molecular complexity index is 497. The lowest BCUT2D eigenvalue weighted by Gasteiger charge is -2.55. The van der Waals surface area contributed by atoms with Gasteiger partial charge in [0.2, 0.25) is 0 Å². The lowest BCUT2D eigenvalue weighted by atomic mass is 9.58. The van der Waals surface area contributed by atoms with Crippen LogP contribution < -0.4 is 4.74 Å². The lowest BCUT2D eigenvalue weighted by molar-refractivity contribution is -0.0650. The molecule has 2 aliphatic carbocycles. The van der Waals surface area contributed by atoms with Crippen molar-refractivity contribution in [2.45, 2.75) is 76.2 Å².